The van der Waals surface area contributed by atoms with Gasteiger partial charge in [0.05, 0.1) is 12.1 Å². The number of allylic oxidation sites excluding steroid dienone is 3. The number of carbonyl (C=O) groups is 2. The maximum atomic E-state index is 12.3. The molecule has 6 nitrogen and oxygen atoms in total. The highest BCUT2D eigenvalue weighted by Gasteiger charge is 2.48. The van der Waals surface area contributed by atoms with Gasteiger partial charge in [-0.05, 0) is 45.4 Å². The number of carbonyl (C=O) groups excluding carboxylic acids is 2. The van der Waals surface area contributed by atoms with Crippen LogP contribution in [0, 0.1) is 0 Å². The van der Waals surface area contributed by atoms with Crippen molar-refractivity contribution in [3.05, 3.63) is 23.8 Å². The molecular formula is C19H28N2O4S. The predicted molar refractivity (Wildman–Crippen MR) is 102 cm³/mol. The van der Waals surface area contributed by atoms with Gasteiger partial charge in [0.15, 0.2) is 5.79 Å². The number of thioether (sulfide) groups is 1. The topological polar surface area (TPSA) is 87.7 Å². The zero-order valence-corrected chi connectivity index (χ0v) is 16.0. The van der Waals surface area contributed by atoms with E-state index < -0.39 is 11.8 Å². The van der Waals surface area contributed by atoms with E-state index in [4.69, 9.17) is 4.74 Å². The number of nitrogens with one attached hydrogen (secondary N) is 2. The molecule has 0 radical (unpaired) electrons. The van der Waals surface area contributed by atoms with E-state index >= 15 is 0 Å². The Bertz CT molecular complexity index is 606. The van der Waals surface area contributed by atoms with Crippen molar-refractivity contribution in [1.29, 1.82) is 0 Å². The van der Waals surface area contributed by atoms with Crippen LogP contribution in [0.15, 0.2) is 23.8 Å². The normalized spacial score (nSPS) is 36.7. The fourth-order valence-electron chi connectivity index (χ4n) is 3.83. The molecule has 0 aromatic carbocycles. The van der Waals surface area contributed by atoms with Crippen LogP contribution in [0.1, 0.15) is 51.9 Å². The first-order valence-electron chi connectivity index (χ1n) is 9.41. The maximum absolute atomic E-state index is 12.3. The van der Waals surface area contributed by atoms with Gasteiger partial charge >= 0.3 is 0 Å². The van der Waals surface area contributed by atoms with Crippen molar-refractivity contribution in [2.75, 3.05) is 5.75 Å². The molecule has 2 bridgehead atoms. The lowest BCUT2D eigenvalue weighted by molar-refractivity contribution is -0.269. The molecule has 3 aliphatic rings. The van der Waals surface area contributed by atoms with E-state index in [-0.39, 0.29) is 29.7 Å². The van der Waals surface area contributed by atoms with E-state index in [9.17, 15) is 14.7 Å². The fourth-order valence-corrected chi connectivity index (χ4v) is 4.71. The van der Waals surface area contributed by atoms with Crippen molar-refractivity contribution >= 4 is 22.9 Å². The smallest absolute Gasteiger partial charge is 0.279 e. The molecule has 4 atom stereocenters. The molecular weight excluding hydrogens is 352 g/mol. The van der Waals surface area contributed by atoms with Gasteiger partial charge in [-0.1, -0.05) is 29.5 Å². The zero-order valence-electron chi connectivity index (χ0n) is 15.2. The Hall–Kier alpha value is -1.31. The SMILES string of the molecule is CC1=CC(=O)N[C@@H]2C[C@@H](CCCC=CCC1)O[C@@](O)([C@@H]1CSC(=O)N1)C2. The third-order valence-corrected chi connectivity index (χ3v) is 6.05. The molecule has 2 saturated heterocycles. The van der Waals surface area contributed by atoms with Crippen molar-refractivity contribution in [2.45, 2.75) is 75.8 Å². The van der Waals surface area contributed by atoms with Crippen molar-refractivity contribution in [3.63, 3.8) is 0 Å². The summed E-state index contributed by atoms with van der Waals surface area (Å²) in [6.07, 6.45) is 11.4. The minimum atomic E-state index is -1.44. The molecule has 2 fully saturated rings. The number of amides is 2. The average molecular weight is 381 g/mol. The Labute approximate surface area is 158 Å². The van der Waals surface area contributed by atoms with Gasteiger partial charge in [-0.25, -0.2) is 0 Å². The Balaban J connectivity index is 1.76. The molecule has 3 rings (SSSR count). The first-order chi connectivity index (χ1) is 12.4. The number of fused-ring (bicyclic) bond motifs is 2. The number of aliphatic hydroxyl groups is 1. The predicted octanol–water partition coefficient (Wildman–Crippen LogP) is 2.63. The summed E-state index contributed by atoms with van der Waals surface area (Å²) in [5.74, 6) is -1.09. The Morgan fingerprint density at radius 1 is 1.27 bits per heavy atom. The molecule has 0 unspecified atom stereocenters. The quantitative estimate of drug-likeness (QED) is 0.609. The van der Waals surface area contributed by atoms with Gasteiger partial charge in [0.2, 0.25) is 5.91 Å². The summed E-state index contributed by atoms with van der Waals surface area (Å²) in [4.78, 5) is 23.9. The van der Waals surface area contributed by atoms with Gasteiger partial charge in [-0.2, -0.15) is 0 Å². The second kappa shape index (κ2) is 8.59. The van der Waals surface area contributed by atoms with E-state index in [0.717, 1.165) is 49.4 Å². The highest BCUT2D eigenvalue weighted by molar-refractivity contribution is 8.14. The summed E-state index contributed by atoms with van der Waals surface area (Å²) in [5, 5.41) is 16.8. The van der Waals surface area contributed by atoms with Crippen LogP contribution in [0.5, 0.6) is 0 Å². The molecule has 2 amide bonds. The van der Waals surface area contributed by atoms with Gasteiger partial charge in [0.25, 0.3) is 5.24 Å². The highest BCUT2D eigenvalue weighted by Crippen LogP contribution is 2.35. The molecule has 0 spiro atoms. The summed E-state index contributed by atoms with van der Waals surface area (Å²) in [7, 11) is 0. The molecule has 0 aromatic rings. The lowest BCUT2D eigenvalue weighted by Crippen LogP contribution is -2.60. The van der Waals surface area contributed by atoms with Crippen LogP contribution in [-0.4, -0.2) is 46.0 Å². The third kappa shape index (κ3) is 5.11. The average Bonchev–Trinajstić information content (AvgIpc) is 3.00. The largest absolute Gasteiger partial charge is 0.364 e. The second-order valence-corrected chi connectivity index (χ2v) is 8.45. The molecule has 26 heavy (non-hydrogen) atoms. The maximum Gasteiger partial charge on any atom is 0.279 e. The lowest BCUT2D eigenvalue weighted by atomic mass is 9.89. The van der Waals surface area contributed by atoms with Gasteiger partial charge in [0.1, 0.15) is 0 Å². The Kier molecular flexibility index (Phi) is 6.42. The number of ether oxygens (including phenoxy) is 1. The summed E-state index contributed by atoms with van der Waals surface area (Å²) in [5.41, 5.74) is 1.04. The van der Waals surface area contributed by atoms with E-state index in [1.54, 1.807) is 6.08 Å². The molecule has 7 heteroatoms. The third-order valence-electron chi connectivity index (χ3n) is 5.17. The molecule has 3 heterocycles. The van der Waals surface area contributed by atoms with Crippen molar-refractivity contribution < 1.29 is 19.4 Å². The first kappa shape index (κ1) is 19.5. The molecule has 0 aliphatic carbocycles. The van der Waals surface area contributed by atoms with Gasteiger partial charge < -0.3 is 20.5 Å². The minimum Gasteiger partial charge on any atom is -0.364 e. The summed E-state index contributed by atoms with van der Waals surface area (Å²) in [6, 6.07) is -0.616. The summed E-state index contributed by atoms with van der Waals surface area (Å²) >= 11 is 1.16. The lowest BCUT2D eigenvalue weighted by Gasteiger charge is -2.44. The van der Waals surface area contributed by atoms with Gasteiger partial charge in [0, 0.05) is 24.3 Å². The fraction of sp³-hybridized carbons (Fsp3) is 0.684. The molecule has 3 aliphatic heterocycles. The molecule has 144 valence electrons. The molecule has 0 saturated carbocycles. The standard InChI is InChI=1S/C19H28N2O4S/c1-13-7-5-3-2-4-6-8-15-10-14(20-17(22)9-13)11-19(24,25-15)16-12-26-18(23)21-16/h2-3,9,14-16,24H,4-8,10-12H2,1H3,(H,20,22)(H,21,23)/t14-,15-,16+,19-/m1/s1. The van der Waals surface area contributed by atoms with Crippen LogP contribution in [-0.2, 0) is 9.53 Å². The zero-order chi connectivity index (χ0) is 18.6. The van der Waals surface area contributed by atoms with E-state index in [2.05, 4.69) is 22.8 Å². The number of hydrogen-bond donors (Lipinski definition) is 3. The molecule has 0 aromatic heterocycles. The van der Waals surface area contributed by atoms with E-state index in [0.29, 0.717) is 12.2 Å². The van der Waals surface area contributed by atoms with Crippen molar-refractivity contribution in [1.82, 2.24) is 10.6 Å². The van der Waals surface area contributed by atoms with E-state index in [1.165, 1.54) is 0 Å². The number of hydrogen-bond acceptors (Lipinski definition) is 5. The van der Waals surface area contributed by atoms with Crippen molar-refractivity contribution in [3.8, 4) is 0 Å². The molecule has 3 N–H and O–H groups in total. The number of rotatable bonds is 1. The van der Waals surface area contributed by atoms with Gasteiger partial charge in [-0.15, -0.1) is 0 Å². The van der Waals surface area contributed by atoms with Crippen LogP contribution < -0.4 is 10.6 Å². The monoisotopic (exact) mass is 380 g/mol. The second-order valence-electron chi connectivity index (χ2n) is 7.46. The van der Waals surface area contributed by atoms with E-state index in [1.807, 2.05) is 6.92 Å². The van der Waals surface area contributed by atoms with Crippen molar-refractivity contribution in [2.24, 2.45) is 0 Å². The van der Waals surface area contributed by atoms with Crippen LogP contribution in [0.2, 0.25) is 0 Å². The van der Waals surface area contributed by atoms with Crippen LogP contribution in [0.4, 0.5) is 4.79 Å². The van der Waals surface area contributed by atoms with Crippen LogP contribution >= 0.6 is 11.8 Å². The van der Waals surface area contributed by atoms with Crippen LogP contribution in [0.25, 0.3) is 0 Å². The summed E-state index contributed by atoms with van der Waals surface area (Å²) < 4.78 is 6.03. The minimum absolute atomic E-state index is 0.124. The van der Waals surface area contributed by atoms with Crippen LogP contribution in [0.3, 0.4) is 0 Å². The summed E-state index contributed by atoms with van der Waals surface area (Å²) in [6.45, 7) is 1.97. The highest BCUT2D eigenvalue weighted by atomic mass is 32.2. The Morgan fingerprint density at radius 2 is 2.08 bits per heavy atom. The van der Waals surface area contributed by atoms with Gasteiger partial charge in [-0.3, -0.25) is 9.59 Å². The Morgan fingerprint density at radius 3 is 2.85 bits per heavy atom. The first-order valence-corrected chi connectivity index (χ1v) is 10.4.